The van der Waals surface area contributed by atoms with Crippen LogP contribution in [0.15, 0.2) is 27.4 Å². The van der Waals surface area contributed by atoms with Crippen molar-refractivity contribution in [2.75, 3.05) is 12.4 Å². The Bertz CT molecular complexity index is 499. The first-order valence-corrected chi connectivity index (χ1v) is 8.50. The van der Waals surface area contributed by atoms with Gasteiger partial charge in [-0.1, -0.05) is 13.8 Å². The topological polar surface area (TPSA) is 44.7 Å². The lowest BCUT2D eigenvalue weighted by molar-refractivity contribution is -0.141. The number of hydrogen-bond donors (Lipinski definition) is 1. The summed E-state index contributed by atoms with van der Waals surface area (Å²) in [6, 6.07) is 0.0153. The predicted octanol–water partition coefficient (Wildman–Crippen LogP) is 3.38. The van der Waals surface area contributed by atoms with Crippen LogP contribution in [0, 0.1) is 5.41 Å². The second kappa shape index (κ2) is 6.97. The van der Waals surface area contributed by atoms with E-state index in [1.165, 1.54) is 5.57 Å². The summed E-state index contributed by atoms with van der Waals surface area (Å²) in [5, 5.41) is 9.17. The van der Waals surface area contributed by atoms with Crippen LogP contribution in [0.5, 0.6) is 0 Å². The molecule has 2 rings (SSSR count). The van der Waals surface area contributed by atoms with E-state index in [4.69, 9.17) is 11.6 Å². The van der Waals surface area contributed by atoms with E-state index in [1.54, 1.807) is 5.01 Å². The summed E-state index contributed by atoms with van der Waals surface area (Å²) < 4.78 is 0.990. The Morgan fingerprint density at radius 2 is 2.38 bits per heavy atom. The van der Waals surface area contributed by atoms with Gasteiger partial charge >= 0.3 is 0 Å². The van der Waals surface area contributed by atoms with Crippen LogP contribution < -0.4 is 5.32 Å². The Balaban J connectivity index is 2.13. The monoisotopic (exact) mass is 373 g/mol. The third-order valence-electron chi connectivity index (χ3n) is 3.85. The predicted molar refractivity (Wildman–Crippen MR) is 90.6 cm³/mol. The maximum absolute atomic E-state index is 12.8. The number of nitrogens with zero attached hydrogens (tertiary/aromatic N) is 2. The van der Waals surface area contributed by atoms with E-state index in [-0.39, 0.29) is 11.9 Å². The standard InChI is InChI=1S/C15H21BrClN3O/c1-15(2,5-3-6-17)14(21)20-13(4-7-19-20)11-8-12(16)10-18-9-11/h7-8,10,13,18H,3-6,9H2,1-2H3. The molecule has 0 bridgehead atoms. The number of carbonyl (C=O) groups is 1. The molecular weight excluding hydrogens is 354 g/mol. The van der Waals surface area contributed by atoms with Crippen LogP contribution in [0.1, 0.15) is 33.1 Å². The minimum atomic E-state index is -0.440. The van der Waals surface area contributed by atoms with Crippen LogP contribution in [0.25, 0.3) is 0 Å². The van der Waals surface area contributed by atoms with Crippen molar-refractivity contribution < 1.29 is 4.79 Å². The van der Waals surface area contributed by atoms with Crippen LogP contribution >= 0.6 is 27.5 Å². The van der Waals surface area contributed by atoms with Crippen molar-refractivity contribution in [2.24, 2.45) is 10.5 Å². The molecule has 116 valence electrons. The van der Waals surface area contributed by atoms with E-state index >= 15 is 0 Å². The van der Waals surface area contributed by atoms with Gasteiger partial charge in [-0.3, -0.25) is 4.79 Å². The number of nitrogens with one attached hydrogen (secondary N) is 1. The summed E-state index contributed by atoms with van der Waals surface area (Å²) >= 11 is 9.22. The van der Waals surface area contributed by atoms with Gasteiger partial charge in [-0.25, -0.2) is 5.01 Å². The van der Waals surface area contributed by atoms with Crippen molar-refractivity contribution in [3.63, 3.8) is 0 Å². The van der Waals surface area contributed by atoms with Gasteiger partial charge in [-0.15, -0.1) is 11.6 Å². The number of carbonyl (C=O) groups excluding carboxylic acids is 1. The fourth-order valence-electron chi connectivity index (χ4n) is 2.59. The number of hydrazone groups is 1. The van der Waals surface area contributed by atoms with Gasteiger partial charge < -0.3 is 5.32 Å². The highest BCUT2D eigenvalue weighted by molar-refractivity contribution is 9.11. The van der Waals surface area contributed by atoms with Gasteiger partial charge in [-0.05, 0) is 40.4 Å². The van der Waals surface area contributed by atoms with E-state index in [1.807, 2.05) is 26.3 Å². The Labute approximate surface area is 139 Å². The summed E-state index contributed by atoms with van der Waals surface area (Å²) in [6.07, 6.45) is 8.19. The molecule has 0 saturated heterocycles. The highest BCUT2D eigenvalue weighted by atomic mass is 79.9. The minimum Gasteiger partial charge on any atom is -0.386 e. The summed E-state index contributed by atoms with van der Waals surface area (Å²) in [4.78, 5) is 12.8. The van der Waals surface area contributed by atoms with E-state index < -0.39 is 5.41 Å². The Morgan fingerprint density at radius 3 is 3.05 bits per heavy atom. The molecule has 1 atom stereocenters. The van der Waals surface area contributed by atoms with Gasteiger partial charge in [0.2, 0.25) is 5.91 Å². The zero-order chi connectivity index (χ0) is 15.5. The maximum atomic E-state index is 12.8. The zero-order valence-corrected chi connectivity index (χ0v) is 14.7. The molecule has 0 aromatic rings. The Hall–Kier alpha value is -0.810. The molecular formula is C15H21BrClN3O. The highest BCUT2D eigenvalue weighted by Gasteiger charge is 2.38. The third-order valence-corrected chi connectivity index (χ3v) is 4.57. The second-order valence-corrected chi connectivity index (χ2v) is 7.30. The molecule has 1 amide bonds. The molecule has 6 heteroatoms. The smallest absolute Gasteiger partial charge is 0.248 e. The molecule has 0 spiro atoms. The molecule has 0 fully saturated rings. The fraction of sp³-hybridized carbons (Fsp3) is 0.600. The van der Waals surface area contributed by atoms with Gasteiger partial charge in [0.15, 0.2) is 0 Å². The van der Waals surface area contributed by atoms with Crippen LogP contribution in [0.4, 0.5) is 0 Å². The lowest BCUT2D eigenvalue weighted by Gasteiger charge is -2.32. The van der Waals surface area contributed by atoms with Gasteiger partial charge in [0.25, 0.3) is 0 Å². The SMILES string of the molecule is CC(C)(CCCCl)C(=O)N1N=CCC1C1=CC(Br)=CNC1. The first kappa shape index (κ1) is 16.6. The molecule has 1 N–H and O–H groups in total. The number of allylic oxidation sites excluding steroid dienone is 2. The van der Waals surface area contributed by atoms with Crippen molar-refractivity contribution in [3.05, 3.63) is 22.3 Å². The van der Waals surface area contributed by atoms with Gasteiger partial charge in [0.1, 0.15) is 0 Å². The Morgan fingerprint density at radius 1 is 1.62 bits per heavy atom. The van der Waals surface area contributed by atoms with Crippen LogP contribution in [0.3, 0.4) is 0 Å². The number of halogens is 2. The largest absolute Gasteiger partial charge is 0.386 e. The normalized spacial score (nSPS) is 21.9. The van der Waals surface area contributed by atoms with Crippen LogP contribution in [-0.4, -0.2) is 35.6 Å². The Kier molecular flexibility index (Phi) is 5.49. The number of alkyl halides is 1. The molecule has 0 radical (unpaired) electrons. The number of hydrogen-bond acceptors (Lipinski definition) is 3. The van der Waals surface area contributed by atoms with Crippen molar-refractivity contribution >= 4 is 39.7 Å². The summed E-state index contributed by atoms with van der Waals surface area (Å²) in [7, 11) is 0. The van der Waals surface area contributed by atoms with Crippen molar-refractivity contribution in [1.82, 2.24) is 10.3 Å². The molecule has 2 aliphatic rings. The van der Waals surface area contributed by atoms with Gasteiger partial charge in [0, 0.05) is 41.2 Å². The quantitative estimate of drug-likeness (QED) is 0.750. The molecule has 4 nitrogen and oxygen atoms in total. The second-order valence-electron chi connectivity index (χ2n) is 6.01. The molecule has 0 aromatic carbocycles. The molecule has 0 saturated carbocycles. The highest BCUT2D eigenvalue weighted by Crippen LogP contribution is 2.31. The zero-order valence-electron chi connectivity index (χ0n) is 12.4. The lowest BCUT2D eigenvalue weighted by atomic mass is 9.86. The average molecular weight is 375 g/mol. The first-order chi connectivity index (χ1) is 9.95. The maximum Gasteiger partial charge on any atom is 0.248 e. The molecule has 2 aliphatic heterocycles. The summed E-state index contributed by atoms with van der Waals surface area (Å²) in [5.74, 6) is 0.647. The minimum absolute atomic E-state index is 0.0153. The van der Waals surface area contributed by atoms with Crippen LogP contribution in [-0.2, 0) is 4.79 Å². The number of amides is 1. The fourth-order valence-corrected chi connectivity index (χ4v) is 3.18. The first-order valence-electron chi connectivity index (χ1n) is 7.17. The van der Waals surface area contributed by atoms with Gasteiger partial charge in [-0.2, -0.15) is 5.10 Å². The summed E-state index contributed by atoms with van der Waals surface area (Å²) in [5.41, 5.74) is 0.730. The number of rotatable bonds is 5. The van der Waals surface area contributed by atoms with Gasteiger partial charge in [0.05, 0.1) is 6.04 Å². The summed E-state index contributed by atoms with van der Waals surface area (Å²) in [6.45, 7) is 4.68. The molecule has 2 heterocycles. The van der Waals surface area contributed by atoms with Crippen LogP contribution in [0.2, 0.25) is 0 Å². The van der Waals surface area contributed by atoms with E-state index in [0.717, 1.165) is 30.3 Å². The number of dihydropyridines is 1. The molecule has 1 unspecified atom stereocenters. The van der Waals surface area contributed by atoms with Crippen molar-refractivity contribution in [2.45, 2.75) is 39.2 Å². The van der Waals surface area contributed by atoms with E-state index in [2.05, 4.69) is 32.4 Å². The molecule has 0 aliphatic carbocycles. The average Bonchev–Trinajstić information content (AvgIpc) is 2.93. The van der Waals surface area contributed by atoms with Crippen molar-refractivity contribution in [1.29, 1.82) is 0 Å². The molecule has 0 aromatic heterocycles. The van der Waals surface area contributed by atoms with Crippen molar-refractivity contribution in [3.8, 4) is 0 Å². The third kappa shape index (κ3) is 3.89. The molecule has 21 heavy (non-hydrogen) atoms. The lowest BCUT2D eigenvalue weighted by Crippen LogP contribution is -2.43. The van der Waals surface area contributed by atoms with E-state index in [9.17, 15) is 4.79 Å². The van der Waals surface area contributed by atoms with E-state index in [0.29, 0.717) is 5.88 Å².